The van der Waals surface area contributed by atoms with Crippen molar-refractivity contribution in [1.82, 2.24) is 5.32 Å². The number of methoxy groups -OCH3 is 2. The van der Waals surface area contributed by atoms with E-state index in [0.717, 1.165) is 12.0 Å². The zero-order valence-electron chi connectivity index (χ0n) is 14.0. The van der Waals surface area contributed by atoms with Crippen LogP contribution >= 0.6 is 0 Å². The summed E-state index contributed by atoms with van der Waals surface area (Å²) in [5.74, 6) is -0.412. The van der Waals surface area contributed by atoms with Gasteiger partial charge in [0.05, 0.1) is 26.2 Å². The number of nitrogens with two attached hydrogens (primary N) is 1. The lowest BCUT2D eigenvalue weighted by atomic mass is 9.98. The minimum absolute atomic E-state index is 0.182. The van der Waals surface area contributed by atoms with Gasteiger partial charge >= 0.3 is 5.97 Å². The number of rotatable bonds is 9. The molecule has 1 rings (SSSR count). The molecule has 3 N–H and O–H groups in total. The Morgan fingerprint density at radius 3 is 2.57 bits per heavy atom. The van der Waals surface area contributed by atoms with Crippen LogP contribution in [0.15, 0.2) is 24.3 Å². The van der Waals surface area contributed by atoms with Gasteiger partial charge in [0.25, 0.3) is 0 Å². The zero-order valence-corrected chi connectivity index (χ0v) is 14.0. The van der Waals surface area contributed by atoms with Gasteiger partial charge in [-0.3, -0.25) is 9.59 Å². The second-order valence-electron chi connectivity index (χ2n) is 5.38. The summed E-state index contributed by atoms with van der Waals surface area (Å²) in [4.78, 5) is 23.9. The van der Waals surface area contributed by atoms with Gasteiger partial charge in [-0.05, 0) is 24.5 Å². The van der Waals surface area contributed by atoms with E-state index in [-0.39, 0.29) is 18.4 Å². The van der Waals surface area contributed by atoms with Crippen LogP contribution in [0, 0.1) is 5.92 Å². The number of ether oxygens (including phenoxy) is 2. The molecule has 0 aliphatic carbocycles. The highest BCUT2D eigenvalue weighted by atomic mass is 16.5. The molecule has 0 fully saturated rings. The van der Waals surface area contributed by atoms with Gasteiger partial charge in [-0.25, -0.2) is 0 Å². The second kappa shape index (κ2) is 9.84. The van der Waals surface area contributed by atoms with Crippen molar-refractivity contribution in [3.8, 4) is 5.75 Å². The van der Waals surface area contributed by atoms with E-state index >= 15 is 0 Å². The highest BCUT2D eigenvalue weighted by Gasteiger charge is 2.23. The largest absolute Gasteiger partial charge is 0.496 e. The van der Waals surface area contributed by atoms with E-state index in [9.17, 15) is 9.59 Å². The Morgan fingerprint density at radius 1 is 1.26 bits per heavy atom. The van der Waals surface area contributed by atoms with Gasteiger partial charge < -0.3 is 20.5 Å². The third-order valence-corrected chi connectivity index (χ3v) is 3.65. The zero-order chi connectivity index (χ0) is 17.2. The fraction of sp³-hybridized carbons (Fsp3) is 0.529. The smallest absolute Gasteiger partial charge is 0.310 e. The topological polar surface area (TPSA) is 90.7 Å². The molecular weight excluding hydrogens is 296 g/mol. The van der Waals surface area contributed by atoms with Gasteiger partial charge in [0.2, 0.25) is 5.91 Å². The van der Waals surface area contributed by atoms with Crippen LogP contribution in [0.4, 0.5) is 0 Å². The maximum absolute atomic E-state index is 12.0. The van der Waals surface area contributed by atoms with Crippen LogP contribution in [0.5, 0.6) is 5.75 Å². The lowest BCUT2D eigenvalue weighted by Crippen LogP contribution is -2.43. The molecular formula is C17H26N2O4. The van der Waals surface area contributed by atoms with E-state index in [0.29, 0.717) is 18.6 Å². The molecule has 0 aliphatic rings. The van der Waals surface area contributed by atoms with E-state index in [4.69, 9.17) is 15.2 Å². The van der Waals surface area contributed by atoms with Crippen LogP contribution in [-0.4, -0.2) is 38.7 Å². The standard InChI is InChI=1S/C17H26N2O4/c1-4-7-14(18)16(20)19-11-13(17(21)23-3)10-12-8-5-6-9-15(12)22-2/h5-6,8-9,13-14H,4,7,10-11,18H2,1-3H3,(H,19,20). The maximum Gasteiger partial charge on any atom is 0.310 e. The Bertz CT molecular complexity index is 519. The van der Waals surface area contributed by atoms with Crippen LogP contribution < -0.4 is 15.8 Å². The maximum atomic E-state index is 12.0. The van der Waals surface area contributed by atoms with E-state index in [1.807, 2.05) is 31.2 Å². The summed E-state index contributed by atoms with van der Waals surface area (Å²) in [7, 11) is 2.92. The molecule has 0 spiro atoms. The minimum Gasteiger partial charge on any atom is -0.496 e. The predicted molar refractivity (Wildman–Crippen MR) is 88.1 cm³/mol. The molecule has 6 heteroatoms. The number of carbonyl (C=O) groups is 2. The van der Waals surface area contributed by atoms with Crippen LogP contribution in [0.3, 0.4) is 0 Å². The summed E-state index contributed by atoms with van der Waals surface area (Å²) in [5, 5.41) is 2.73. The number of amides is 1. The summed E-state index contributed by atoms with van der Waals surface area (Å²) < 4.78 is 10.1. The monoisotopic (exact) mass is 322 g/mol. The quantitative estimate of drug-likeness (QED) is 0.668. The van der Waals surface area contributed by atoms with Gasteiger partial charge in [-0.15, -0.1) is 0 Å². The molecule has 2 atom stereocenters. The molecule has 0 saturated heterocycles. The Morgan fingerprint density at radius 2 is 1.96 bits per heavy atom. The van der Waals surface area contributed by atoms with E-state index in [2.05, 4.69) is 5.32 Å². The molecule has 0 aliphatic heterocycles. The molecule has 0 bridgehead atoms. The minimum atomic E-state index is -0.551. The highest BCUT2D eigenvalue weighted by molar-refractivity contribution is 5.82. The Labute approximate surface area is 137 Å². The third-order valence-electron chi connectivity index (χ3n) is 3.65. The molecule has 128 valence electrons. The van der Waals surface area contributed by atoms with E-state index in [1.165, 1.54) is 7.11 Å². The SMILES string of the molecule is CCCC(N)C(=O)NCC(Cc1ccccc1OC)C(=O)OC. The van der Waals surface area contributed by atoms with Crippen molar-refractivity contribution in [2.45, 2.75) is 32.2 Å². The van der Waals surface area contributed by atoms with E-state index in [1.54, 1.807) is 7.11 Å². The number of hydrogen-bond acceptors (Lipinski definition) is 5. The summed E-state index contributed by atoms with van der Waals surface area (Å²) in [5.41, 5.74) is 6.66. The van der Waals surface area contributed by atoms with Crippen LogP contribution in [0.1, 0.15) is 25.3 Å². The average Bonchev–Trinajstić information content (AvgIpc) is 2.57. The Balaban J connectivity index is 2.74. The lowest BCUT2D eigenvalue weighted by molar-refractivity contribution is -0.145. The number of benzene rings is 1. The molecule has 1 amide bonds. The van der Waals surface area contributed by atoms with Crippen molar-refractivity contribution in [2.75, 3.05) is 20.8 Å². The number of esters is 1. The first-order valence-corrected chi connectivity index (χ1v) is 7.76. The first-order valence-electron chi connectivity index (χ1n) is 7.76. The van der Waals surface area contributed by atoms with Gasteiger partial charge in [-0.1, -0.05) is 31.5 Å². The van der Waals surface area contributed by atoms with Crippen molar-refractivity contribution >= 4 is 11.9 Å². The lowest BCUT2D eigenvalue weighted by Gasteiger charge is -2.18. The summed E-state index contributed by atoms with van der Waals surface area (Å²) in [6.45, 7) is 2.15. The first kappa shape index (κ1) is 19.0. The molecule has 2 unspecified atom stereocenters. The van der Waals surface area contributed by atoms with Crippen molar-refractivity contribution in [3.63, 3.8) is 0 Å². The van der Waals surface area contributed by atoms with Crippen LogP contribution in [0.25, 0.3) is 0 Å². The van der Waals surface area contributed by atoms with Crippen LogP contribution in [-0.2, 0) is 20.7 Å². The number of hydrogen-bond donors (Lipinski definition) is 2. The molecule has 6 nitrogen and oxygen atoms in total. The number of carbonyl (C=O) groups excluding carboxylic acids is 2. The molecule has 23 heavy (non-hydrogen) atoms. The summed E-state index contributed by atoms with van der Waals surface area (Å²) in [6.07, 6.45) is 1.86. The van der Waals surface area contributed by atoms with Gasteiger partial charge in [-0.2, -0.15) is 0 Å². The van der Waals surface area contributed by atoms with Gasteiger partial charge in [0, 0.05) is 6.54 Å². The van der Waals surface area contributed by atoms with E-state index < -0.39 is 12.0 Å². The summed E-state index contributed by atoms with van der Waals surface area (Å²) in [6, 6.07) is 6.91. The molecule has 1 aromatic carbocycles. The Kier molecular flexibility index (Phi) is 8.11. The molecule has 0 saturated carbocycles. The summed E-state index contributed by atoms with van der Waals surface area (Å²) >= 11 is 0. The van der Waals surface area contributed by atoms with Gasteiger partial charge in [0.1, 0.15) is 5.75 Å². The molecule has 0 radical (unpaired) electrons. The second-order valence-corrected chi connectivity index (χ2v) is 5.38. The Hall–Kier alpha value is -2.08. The molecule has 0 aromatic heterocycles. The predicted octanol–water partition coefficient (Wildman–Crippen LogP) is 1.27. The number of nitrogens with one attached hydrogen (secondary N) is 1. The van der Waals surface area contributed by atoms with Crippen LogP contribution in [0.2, 0.25) is 0 Å². The normalized spacial score (nSPS) is 13.0. The molecule has 0 heterocycles. The van der Waals surface area contributed by atoms with Crippen molar-refractivity contribution in [1.29, 1.82) is 0 Å². The first-order chi connectivity index (χ1) is 11.0. The van der Waals surface area contributed by atoms with Crippen molar-refractivity contribution < 1.29 is 19.1 Å². The van der Waals surface area contributed by atoms with Gasteiger partial charge in [0.15, 0.2) is 0 Å². The average molecular weight is 322 g/mol. The highest BCUT2D eigenvalue weighted by Crippen LogP contribution is 2.21. The fourth-order valence-electron chi connectivity index (χ4n) is 2.34. The molecule has 1 aromatic rings. The van der Waals surface area contributed by atoms with Crippen molar-refractivity contribution in [3.05, 3.63) is 29.8 Å². The fourth-order valence-corrected chi connectivity index (χ4v) is 2.34. The third kappa shape index (κ3) is 5.90. The van der Waals surface area contributed by atoms with Crippen molar-refractivity contribution in [2.24, 2.45) is 11.7 Å². The number of para-hydroxylation sites is 1.